The molecule has 0 fully saturated rings. The van der Waals surface area contributed by atoms with Crippen molar-refractivity contribution in [2.75, 3.05) is 6.61 Å². The Labute approximate surface area is 124 Å². The Kier molecular flexibility index (Phi) is 53.1. The van der Waals surface area contributed by atoms with Gasteiger partial charge in [0.25, 0.3) is 0 Å². The lowest BCUT2D eigenvalue weighted by molar-refractivity contribution is -0.140. The third-order valence-electron chi connectivity index (χ3n) is 0.485. The highest BCUT2D eigenvalue weighted by Crippen LogP contribution is 1.55. The lowest BCUT2D eigenvalue weighted by atomic mass is 10.7. The van der Waals surface area contributed by atoms with E-state index >= 15 is 0 Å². The van der Waals surface area contributed by atoms with E-state index in [-0.39, 0.29) is 0 Å². The molecule has 0 aromatic heterocycles. The monoisotopic (exact) mass is 304 g/mol. The van der Waals surface area contributed by atoms with Crippen molar-refractivity contribution in [2.45, 2.75) is 13.8 Å². The molecule has 0 aliphatic rings. The van der Waals surface area contributed by atoms with E-state index in [2.05, 4.69) is 26.3 Å². The van der Waals surface area contributed by atoms with Gasteiger partial charge in [0.15, 0.2) is 0 Å². The Hall–Kier alpha value is -2.67. The van der Waals surface area contributed by atoms with Crippen molar-refractivity contribution < 1.29 is 34.8 Å². The molecule has 0 aliphatic heterocycles. The average molecular weight is 304 g/mol. The summed E-state index contributed by atoms with van der Waals surface area (Å²) >= 11 is 0. The van der Waals surface area contributed by atoms with Crippen LogP contribution >= 0.6 is 0 Å². The molecule has 0 heterocycles. The highest BCUT2D eigenvalue weighted by molar-refractivity contribution is 5.79. The van der Waals surface area contributed by atoms with Crippen LogP contribution < -0.4 is 0 Å². The zero-order valence-electron chi connectivity index (χ0n) is 12.4. The van der Waals surface area contributed by atoms with Crippen molar-refractivity contribution >= 4 is 17.9 Å². The second-order valence-electron chi connectivity index (χ2n) is 2.45. The molecule has 0 saturated heterocycles. The molecule has 4 N–H and O–H groups in total. The van der Waals surface area contributed by atoms with Gasteiger partial charge in [0.2, 0.25) is 0 Å². The van der Waals surface area contributed by atoms with Gasteiger partial charge in [-0.2, -0.15) is 0 Å². The standard InChI is InChI=1S/2C3H4O2.2C3H6.C2H4O3/c2*1-2-3(4)5;2*1-3-2;3-1-2(4)5/h2*2H,1H2,(H,4,5);2*3H,1H2,2H3;3H,1H2,(H,4,5). The van der Waals surface area contributed by atoms with E-state index in [9.17, 15) is 9.59 Å². The lowest BCUT2D eigenvalue weighted by Crippen LogP contribution is -1.98. The molecule has 0 unspecified atom stereocenters. The van der Waals surface area contributed by atoms with Gasteiger partial charge in [0.1, 0.15) is 6.61 Å². The van der Waals surface area contributed by atoms with Crippen LogP contribution in [0.5, 0.6) is 0 Å². The van der Waals surface area contributed by atoms with Crippen molar-refractivity contribution in [2.24, 2.45) is 0 Å². The summed E-state index contributed by atoms with van der Waals surface area (Å²) < 4.78 is 0. The molecule has 0 atom stereocenters. The molecule has 7 heteroatoms. The van der Waals surface area contributed by atoms with E-state index in [0.29, 0.717) is 0 Å². The number of hydrogen-bond acceptors (Lipinski definition) is 4. The fourth-order valence-electron chi connectivity index (χ4n) is 0. The van der Waals surface area contributed by atoms with Gasteiger partial charge in [0, 0.05) is 12.2 Å². The van der Waals surface area contributed by atoms with Crippen LogP contribution in [0.1, 0.15) is 13.8 Å². The molecule has 0 rings (SSSR count). The molecule has 0 saturated carbocycles. The third-order valence-corrected chi connectivity index (χ3v) is 0.485. The van der Waals surface area contributed by atoms with Gasteiger partial charge in [-0.25, -0.2) is 14.4 Å². The van der Waals surface area contributed by atoms with Crippen LogP contribution in [-0.2, 0) is 14.4 Å². The maximum atomic E-state index is 9.25. The largest absolute Gasteiger partial charge is 0.480 e. The maximum absolute atomic E-state index is 9.25. The first kappa shape index (κ1) is 31.0. The summed E-state index contributed by atoms with van der Waals surface area (Å²) in [6, 6.07) is 0. The van der Waals surface area contributed by atoms with Crippen LogP contribution in [0, 0.1) is 0 Å². The zero-order valence-corrected chi connectivity index (χ0v) is 12.4. The van der Waals surface area contributed by atoms with Crippen molar-refractivity contribution in [1.82, 2.24) is 0 Å². The van der Waals surface area contributed by atoms with Crippen LogP contribution in [0.4, 0.5) is 0 Å². The smallest absolute Gasteiger partial charge is 0.329 e. The van der Waals surface area contributed by atoms with E-state index in [4.69, 9.17) is 25.2 Å². The Balaban J connectivity index is -0.0000000519. The molecule has 0 bridgehead atoms. The summed E-state index contributed by atoms with van der Waals surface area (Å²) in [6.45, 7) is 15.6. The molecule has 7 nitrogen and oxygen atoms in total. The number of aliphatic hydroxyl groups excluding tert-OH is 1. The van der Waals surface area contributed by atoms with E-state index in [1.165, 1.54) is 0 Å². The van der Waals surface area contributed by atoms with Gasteiger partial charge in [-0.05, 0) is 13.8 Å². The van der Waals surface area contributed by atoms with E-state index in [0.717, 1.165) is 12.2 Å². The minimum absolute atomic E-state index is 0.778. The summed E-state index contributed by atoms with van der Waals surface area (Å²) in [6.07, 6.45) is 5.17. The number of aliphatic hydroxyl groups is 1. The number of allylic oxidation sites excluding steroid dienone is 2. The van der Waals surface area contributed by atoms with Crippen molar-refractivity contribution in [3.8, 4) is 0 Å². The van der Waals surface area contributed by atoms with Crippen LogP contribution in [0.25, 0.3) is 0 Å². The summed E-state index contributed by atoms with van der Waals surface area (Å²) in [4.78, 5) is 27.6. The number of carboxylic acid groups (broad SMARTS) is 3. The summed E-state index contributed by atoms with van der Waals surface area (Å²) in [5.41, 5.74) is 0. The van der Waals surface area contributed by atoms with E-state index in [1.54, 1.807) is 12.2 Å². The second kappa shape index (κ2) is 36.0. The molecule has 0 aromatic carbocycles. The third kappa shape index (κ3) is 367. The fourth-order valence-corrected chi connectivity index (χ4v) is 0. The number of carboxylic acids is 3. The number of rotatable bonds is 3. The van der Waals surface area contributed by atoms with Gasteiger partial charge in [-0.15, -0.1) is 13.2 Å². The molecular formula is C14H24O7. The van der Waals surface area contributed by atoms with Crippen LogP contribution in [-0.4, -0.2) is 44.9 Å². The Morgan fingerprint density at radius 2 is 0.905 bits per heavy atom. The van der Waals surface area contributed by atoms with Crippen LogP contribution in [0.2, 0.25) is 0 Å². The van der Waals surface area contributed by atoms with Crippen molar-refractivity contribution in [1.29, 1.82) is 0 Å². The summed E-state index contributed by atoms with van der Waals surface area (Å²) in [7, 11) is 0. The second-order valence-corrected chi connectivity index (χ2v) is 2.45. The molecule has 0 spiro atoms. The highest BCUT2D eigenvalue weighted by Gasteiger charge is 1.82. The molecular weight excluding hydrogens is 280 g/mol. The van der Waals surface area contributed by atoms with Crippen molar-refractivity contribution in [3.63, 3.8) is 0 Å². The van der Waals surface area contributed by atoms with Crippen molar-refractivity contribution in [3.05, 3.63) is 50.6 Å². The molecule has 0 radical (unpaired) electrons. The van der Waals surface area contributed by atoms with Gasteiger partial charge in [-0.1, -0.05) is 25.3 Å². The SMILES string of the molecule is C=CC.C=CC.C=CC(=O)O.C=CC(=O)O.O=C(O)CO. The first-order chi connectivity index (χ1) is 9.64. The van der Waals surface area contributed by atoms with Crippen LogP contribution in [0.15, 0.2) is 50.6 Å². The van der Waals surface area contributed by atoms with E-state index < -0.39 is 24.5 Å². The Bertz CT molecular complexity index is 282. The molecule has 0 aromatic rings. The van der Waals surface area contributed by atoms with Gasteiger partial charge < -0.3 is 20.4 Å². The molecule has 0 amide bonds. The number of hydrogen-bond donors (Lipinski definition) is 4. The lowest BCUT2D eigenvalue weighted by Gasteiger charge is -1.72. The maximum Gasteiger partial charge on any atom is 0.329 e. The topological polar surface area (TPSA) is 132 Å². The fraction of sp³-hybridized carbons (Fsp3) is 0.214. The first-order valence-corrected chi connectivity index (χ1v) is 5.32. The van der Waals surface area contributed by atoms with Gasteiger partial charge in [0.05, 0.1) is 0 Å². The quantitative estimate of drug-likeness (QED) is 0.462. The minimum atomic E-state index is -1.19. The minimum Gasteiger partial charge on any atom is -0.480 e. The molecule has 0 aliphatic carbocycles. The number of carbonyl (C=O) groups is 3. The predicted molar refractivity (Wildman–Crippen MR) is 82.1 cm³/mol. The highest BCUT2D eigenvalue weighted by atomic mass is 16.4. The Morgan fingerprint density at radius 1 is 0.810 bits per heavy atom. The van der Waals surface area contributed by atoms with Gasteiger partial charge in [-0.3, -0.25) is 0 Å². The summed E-state index contributed by atoms with van der Waals surface area (Å²) in [5, 5.41) is 30.2. The average Bonchev–Trinajstić information content (AvgIpc) is 2.41. The van der Waals surface area contributed by atoms with Gasteiger partial charge >= 0.3 is 17.9 Å². The van der Waals surface area contributed by atoms with E-state index in [1.807, 2.05) is 13.8 Å². The molecule has 122 valence electrons. The Morgan fingerprint density at radius 3 is 0.905 bits per heavy atom. The number of aliphatic carboxylic acids is 3. The predicted octanol–water partition coefficient (Wildman–Crippen LogP) is 1.96. The normalized spacial score (nSPS) is 6.05. The van der Waals surface area contributed by atoms with Crippen LogP contribution in [0.3, 0.4) is 0 Å². The molecule has 21 heavy (non-hydrogen) atoms. The first-order valence-electron chi connectivity index (χ1n) is 5.32. The zero-order chi connectivity index (χ0) is 18.3. The summed E-state index contributed by atoms with van der Waals surface area (Å²) in [5.74, 6) is -3.15.